The van der Waals surface area contributed by atoms with Crippen molar-refractivity contribution >= 4 is 5.91 Å². The topological polar surface area (TPSA) is 92.0 Å². The Kier molecular flexibility index (Phi) is 1.11. The second-order valence-electron chi connectivity index (χ2n) is 1.48. The number of nitrogens with one attached hydrogen (secondary N) is 1. The zero-order valence-electron chi connectivity index (χ0n) is 4.46. The van der Waals surface area contributed by atoms with Crippen LogP contribution in [-0.4, -0.2) is 21.0 Å². The molecule has 5 nitrogen and oxygen atoms in total. The number of hydrogen-bond acceptors (Lipinski definition) is 3. The molecule has 1 aromatic rings. The van der Waals surface area contributed by atoms with Crippen molar-refractivity contribution < 1.29 is 9.90 Å². The van der Waals surface area contributed by atoms with Crippen LogP contribution in [0.25, 0.3) is 0 Å². The normalized spacial score (nSPS) is 9.33. The van der Waals surface area contributed by atoms with Crippen LogP contribution in [0.5, 0.6) is 5.88 Å². The number of nitrogens with two attached hydrogens (primary N) is 1. The van der Waals surface area contributed by atoms with Crippen LogP contribution in [0, 0.1) is 0 Å². The minimum atomic E-state index is -0.685. The highest BCUT2D eigenvalue weighted by Gasteiger charge is 2.02. The lowest BCUT2D eigenvalue weighted by atomic mass is 10.6. The molecule has 0 bridgehead atoms. The number of carbonyl (C=O) groups excluding carboxylic acids is 1. The predicted molar refractivity (Wildman–Crippen MR) is 28.8 cm³/mol. The summed E-state index contributed by atoms with van der Waals surface area (Å²) >= 11 is 0. The molecule has 0 saturated heterocycles. The predicted octanol–water partition coefficient (Wildman–Crippen LogP) is -0.786. The van der Waals surface area contributed by atoms with E-state index in [0.29, 0.717) is 0 Å². The molecule has 0 aromatic carbocycles. The van der Waals surface area contributed by atoms with E-state index in [-0.39, 0.29) is 11.7 Å². The molecule has 0 fully saturated rings. The van der Waals surface area contributed by atoms with Crippen LogP contribution in [0.15, 0.2) is 6.20 Å². The van der Waals surface area contributed by atoms with Gasteiger partial charge in [0.25, 0.3) is 5.91 Å². The van der Waals surface area contributed by atoms with Crippen molar-refractivity contribution in [2.45, 2.75) is 0 Å². The Morgan fingerprint density at radius 3 is 2.78 bits per heavy atom. The third kappa shape index (κ3) is 0.987. The molecule has 1 aromatic heterocycles. The number of aromatic hydroxyl groups is 1. The molecule has 48 valence electrons. The third-order valence-corrected chi connectivity index (χ3v) is 0.796. The van der Waals surface area contributed by atoms with Crippen LogP contribution in [0.4, 0.5) is 0 Å². The van der Waals surface area contributed by atoms with Gasteiger partial charge in [-0.3, -0.25) is 4.79 Å². The number of primary amides is 1. The average Bonchev–Trinajstić information content (AvgIpc) is 2.14. The Hall–Kier alpha value is -1.52. The Balaban J connectivity index is 2.98. The lowest BCUT2D eigenvalue weighted by Gasteiger charge is -1.82. The molecular formula is C4H5N3O2. The highest BCUT2D eigenvalue weighted by atomic mass is 16.3. The fraction of sp³-hybridized carbons (Fsp3) is 0. The average molecular weight is 127 g/mol. The van der Waals surface area contributed by atoms with Gasteiger partial charge in [-0.05, 0) is 0 Å². The lowest BCUT2D eigenvalue weighted by molar-refractivity contribution is 0.0991. The SMILES string of the molecule is NC(=O)c1ncc(O)[nH]1. The maximum atomic E-state index is 10.2. The number of carbonyl (C=O) groups is 1. The van der Waals surface area contributed by atoms with Crippen molar-refractivity contribution in [2.24, 2.45) is 5.73 Å². The van der Waals surface area contributed by atoms with Gasteiger partial charge in [-0.1, -0.05) is 0 Å². The van der Waals surface area contributed by atoms with Crippen LogP contribution < -0.4 is 5.73 Å². The first-order valence-electron chi connectivity index (χ1n) is 2.24. The Morgan fingerprint density at radius 1 is 1.89 bits per heavy atom. The Morgan fingerprint density at radius 2 is 2.56 bits per heavy atom. The zero-order valence-corrected chi connectivity index (χ0v) is 4.46. The zero-order chi connectivity index (χ0) is 6.85. The maximum absolute atomic E-state index is 10.2. The molecule has 0 atom stereocenters. The maximum Gasteiger partial charge on any atom is 0.284 e. The van der Waals surface area contributed by atoms with E-state index < -0.39 is 5.91 Å². The first-order chi connectivity index (χ1) is 4.20. The van der Waals surface area contributed by atoms with Crippen LogP contribution in [-0.2, 0) is 0 Å². The number of nitrogens with zero attached hydrogens (tertiary/aromatic N) is 1. The van der Waals surface area contributed by atoms with Crippen molar-refractivity contribution in [2.75, 3.05) is 0 Å². The molecule has 0 aliphatic heterocycles. The minimum absolute atomic E-state index is 0.0347. The largest absolute Gasteiger partial charge is 0.493 e. The number of H-pyrrole nitrogens is 1. The van der Waals surface area contributed by atoms with E-state index in [1.807, 2.05) is 0 Å². The van der Waals surface area contributed by atoms with Crippen molar-refractivity contribution in [1.82, 2.24) is 9.97 Å². The van der Waals surface area contributed by atoms with E-state index in [9.17, 15) is 4.79 Å². The summed E-state index contributed by atoms with van der Waals surface area (Å²) < 4.78 is 0. The summed E-state index contributed by atoms with van der Waals surface area (Å²) in [6.45, 7) is 0. The van der Waals surface area contributed by atoms with E-state index in [1.54, 1.807) is 0 Å². The molecule has 0 aliphatic rings. The van der Waals surface area contributed by atoms with Gasteiger partial charge in [0, 0.05) is 0 Å². The van der Waals surface area contributed by atoms with E-state index in [0.717, 1.165) is 6.20 Å². The first-order valence-corrected chi connectivity index (χ1v) is 2.24. The van der Waals surface area contributed by atoms with Crippen molar-refractivity contribution in [3.63, 3.8) is 0 Å². The number of imidazole rings is 1. The Labute approximate surface area is 50.5 Å². The standard InChI is InChI=1S/C4H5N3O2/c5-3(9)4-6-1-2(8)7-4/h1,8H,(H2,5,9)(H,6,7). The van der Waals surface area contributed by atoms with Gasteiger partial charge < -0.3 is 15.8 Å². The molecule has 4 N–H and O–H groups in total. The van der Waals surface area contributed by atoms with Crippen LogP contribution in [0.3, 0.4) is 0 Å². The smallest absolute Gasteiger partial charge is 0.284 e. The van der Waals surface area contributed by atoms with Gasteiger partial charge in [0.15, 0.2) is 5.82 Å². The van der Waals surface area contributed by atoms with E-state index in [1.165, 1.54) is 0 Å². The summed E-state index contributed by atoms with van der Waals surface area (Å²) in [5, 5.41) is 8.58. The van der Waals surface area contributed by atoms with Gasteiger partial charge in [-0.2, -0.15) is 0 Å². The van der Waals surface area contributed by atoms with Crippen molar-refractivity contribution in [1.29, 1.82) is 0 Å². The summed E-state index contributed by atoms with van der Waals surface area (Å²) in [4.78, 5) is 15.9. The van der Waals surface area contributed by atoms with Crippen molar-refractivity contribution in [3.8, 4) is 5.88 Å². The quantitative estimate of drug-likeness (QED) is 0.461. The molecule has 1 amide bonds. The summed E-state index contributed by atoms with van der Waals surface area (Å²) in [6, 6.07) is 0. The van der Waals surface area contributed by atoms with E-state index >= 15 is 0 Å². The molecular weight excluding hydrogens is 122 g/mol. The van der Waals surface area contributed by atoms with Crippen molar-refractivity contribution in [3.05, 3.63) is 12.0 Å². The fourth-order valence-electron chi connectivity index (χ4n) is 0.437. The minimum Gasteiger partial charge on any atom is -0.493 e. The van der Waals surface area contributed by atoms with Gasteiger partial charge in [0.2, 0.25) is 5.88 Å². The second-order valence-corrected chi connectivity index (χ2v) is 1.48. The van der Waals surface area contributed by atoms with Gasteiger partial charge >= 0.3 is 0 Å². The number of aromatic amines is 1. The number of rotatable bonds is 1. The molecule has 0 spiro atoms. The number of hydrogen-bond donors (Lipinski definition) is 3. The summed E-state index contributed by atoms with van der Waals surface area (Å²) in [5.41, 5.74) is 4.78. The highest BCUT2D eigenvalue weighted by molar-refractivity contribution is 5.88. The number of aromatic nitrogens is 2. The lowest BCUT2D eigenvalue weighted by Crippen LogP contribution is -2.12. The number of amides is 1. The molecule has 1 rings (SSSR count). The highest BCUT2D eigenvalue weighted by Crippen LogP contribution is 2.00. The van der Waals surface area contributed by atoms with Gasteiger partial charge in [0.05, 0.1) is 6.20 Å². The molecule has 0 saturated carbocycles. The Bertz CT molecular complexity index is 229. The molecule has 0 radical (unpaired) electrons. The third-order valence-electron chi connectivity index (χ3n) is 0.796. The molecule has 0 aliphatic carbocycles. The summed E-state index contributed by atoms with van der Waals surface area (Å²) in [5.74, 6) is -0.883. The van der Waals surface area contributed by atoms with Crippen LogP contribution in [0.1, 0.15) is 10.6 Å². The second kappa shape index (κ2) is 1.77. The van der Waals surface area contributed by atoms with Crippen LogP contribution >= 0.6 is 0 Å². The van der Waals surface area contributed by atoms with Gasteiger partial charge in [-0.25, -0.2) is 4.98 Å². The monoisotopic (exact) mass is 127 g/mol. The summed E-state index contributed by atoms with van der Waals surface area (Å²) in [7, 11) is 0. The van der Waals surface area contributed by atoms with Gasteiger partial charge in [0.1, 0.15) is 0 Å². The summed E-state index contributed by atoms with van der Waals surface area (Å²) in [6.07, 6.45) is 1.11. The van der Waals surface area contributed by atoms with E-state index in [4.69, 9.17) is 10.8 Å². The molecule has 9 heavy (non-hydrogen) atoms. The fourth-order valence-corrected chi connectivity index (χ4v) is 0.437. The first kappa shape index (κ1) is 5.61. The van der Waals surface area contributed by atoms with E-state index in [2.05, 4.69) is 9.97 Å². The van der Waals surface area contributed by atoms with Crippen LogP contribution in [0.2, 0.25) is 0 Å². The molecule has 5 heteroatoms. The molecule has 1 heterocycles. The van der Waals surface area contributed by atoms with Gasteiger partial charge in [-0.15, -0.1) is 0 Å². The molecule has 0 unspecified atom stereocenters.